The first-order valence-electron chi connectivity index (χ1n) is 6.70. The molecule has 2 rings (SSSR count). The number of hydrogen-bond acceptors (Lipinski definition) is 4. The van der Waals surface area contributed by atoms with Crippen molar-refractivity contribution in [1.82, 2.24) is 0 Å². The van der Waals surface area contributed by atoms with Gasteiger partial charge in [-0.2, -0.15) is 0 Å². The summed E-state index contributed by atoms with van der Waals surface area (Å²) < 4.78 is 10.6. The van der Waals surface area contributed by atoms with Crippen LogP contribution in [0, 0.1) is 13.8 Å². The van der Waals surface area contributed by atoms with Crippen LogP contribution < -0.4 is 10.1 Å². The third kappa shape index (κ3) is 4.25. The molecule has 0 radical (unpaired) electrons. The second kappa shape index (κ2) is 7.31. The maximum Gasteiger partial charge on any atom is 0.121 e. The Morgan fingerprint density at radius 3 is 2.70 bits per heavy atom. The zero-order valence-electron chi connectivity index (χ0n) is 12.2. The molecule has 0 unspecified atom stereocenters. The van der Waals surface area contributed by atoms with Gasteiger partial charge in [-0.15, -0.1) is 11.3 Å². The number of rotatable bonds is 7. The van der Waals surface area contributed by atoms with Gasteiger partial charge in [-0.25, -0.2) is 0 Å². The number of methoxy groups -OCH3 is 1. The van der Waals surface area contributed by atoms with Crippen molar-refractivity contribution in [2.24, 2.45) is 0 Å². The van der Waals surface area contributed by atoms with E-state index < -0.39 is 0 Å². The minimum Gasteiger partial charge on any atom is -0.491 e. The summed E-state index contributed by atoms with van der Waals surface area (Å²) in [6.07, 6.45) is 0. The minimum atomic E-state index is 0.572. The molecule has 1 heterocycles. The Bertz CT molecular complexity index is 551. The standard InChI is InChI=1S/C16H21NO2S/c1-12-9-14(13(2)20-12)11-17-15-5-4-6-16(10-15)19-8-7-18-3/h4-6,9-10,17H,7-8,11H2,1-3H3. The summed E-state index contributed by atoms with van der Waals surface area (Å²) in [5, 5.41) is 3.44. The van der Waals surface area contributed by atoms with Crippen LogP contribution in [-0.2, 0) is 11.3 Å². The van der Waals surface area contributed by atoms with Crippen molar-refractivity contribution in [3.63, 3.8) is 0 Å². The monoisotopic (exact) mass is 291 g/mol. The Kier molecular flexibility index (Phi) is 5.44. The van der Waals surface area contributed by atoms with Gasteiger partial charge >= 0.3 is 0 Å². The molecule has 20 heavy (non-hydrogen) atoms. The predicted molar refractivity (Wildman–Crippen MR) is 84.9 cm³/mol. The number of aryl methyl sites for hydroxylation is 2. The Morgan fingerprint density at radius 2 is 2.00 bits per heavy atom. The average molecular weight is 291 g/mol. The molecule has 0 aliphatic carbocycles. The summed E-state index contributed by atoms with van der Waals surface area (Å²) in [7, 11) is 1.67. The number of nitrogens with one attached hydrogen (secondary N) is 1. The number of hydrogen-bond donors (Lipinski definition) is 1. The van der Waals surface area contributed by atoms with E-state index in [1.54, 1.807) is 7.11 Å². The van der Waals surface area contributed by atoms with E-state index in [9.17, 15) is 0 Å². The lowest BCUT2D eigenvalue weighted by Gasteiger charge is -2.09. The van der Waals surface area contributed by atoms with E-state index in [1.165, 1.54) is 15.3 Å². The molecule has 1 N–H and O–H groups in total. The van der Waals surface area contributed by atoms with Crippen LogP contribution in [-0.4, -0.2) is 20.3 Å². The van der Waals surface area contributed by atoms with Gasteiger partial charge in [0.15, 0.2) is 0 Å². The molecule has 4 heteroatoms. The fraction of sp³-hybridized carbons (Fsp3) is 0.375. The van der Waals surface area contributed by atoms with Crippen LogP contribution in [0.4, 0.5) is 5.69 Å². The zero-order valence-corrected chi connectivity index (χ0v) is 13.0. The highest BCUT2D eigenvalue weighted by Crippen LogP contribution is 2.23. The second-order valence-electron chi connectivity index (χ2n) is 4.66. The lowest BCUT2D eigenvalue weighted by molar-refractivity contribution is 0.146. The van der Waals surface area contributed by atoms with Gasteiger partial charge in [-0.3, -0.25) is 0 Å². The lowest BCUT2D eigenvalue weighted by atomic mass is 10.2. The molecule has 3 nitrogen and oxygen atoms in total. The summed E-state index contributed by atoms with van der Waals surface area (Å²) in [6, 6.07) is 10.3. The number of anilines is 1. The first-order valence-corrected chi connectivity index (χ1v) is 7.52. The van der Waals surface area contributed by atoms with Crippen LogP contribution in [0.25, 0.3) is 0 Å². The van der Waals surface area contributed by atoms with Gasteiger partial charge in [0.25, 0.3) is 0 Å². The van der Waals surface area contributed by atoms with Crippen LogP contribution in [0.3, 0.4) is 0 Å². The Hall–Kier alpha value is -1.52. The van der Waals surface area contributed by atoms with Crippen molar-refractivity contribution in [2.75, 3.05) is 25.6 Å². The van der Waals surface area contributed by atoms with Crippen LogP contribution in [0.15, 0.2) is 30.3 Å². The highest BCUT2D eigenvalue weighted by Gasteiger charge is 2.03. The van der Waals surface area contributed by atoms with Gasteiger partial charge < -0.3 is 14.8 Å². The molecule has 2 aromatic rings. The quantitative estimate of drug-likeness (QED) is 0.782. The number of thiophene rings is 1. The number of benzene rings is 1. The van der Waals surface area contributed by atoms with Crippen LogP contribution in [0.1, 0.15) is 15.3 Å². The van der Waals surface area contributed by atoms with E-state index in [0.29, 0.717) is 13.2 Å². The molecule has 0 aliphatic rings. The van der Waals surface area contributed by atoms with Crippen molar-refractivity contribution < 1.29 is 9.47 Å². The third-order valence-electron chi connectivity index (χ3n) is 3.02. The Balaban J connectivity index is 1.92. The lowest BCUT2D eigenvalue weighted by Crippen LogP contribution is -2.05. The molecular weight excluding hydrogens is 270 g/mol. The minimum absolute atomic E-state index is 0.572. The first kappa shape index (κ1) is 14.9. The van der Waals surface area contributed by atoms with Crippen molar-refractivity contribution in [3.8, 4) is 5.75 Å². The maximum absolute atomic E-state index is 5.60. The first-order chi connectivity index (χ1) is 9.69. The highest BCUT2D eigenvalue weighted by atomic mass is 32.1. The predicted octanol–water partition coefficient (Wildman–Crippen LogP) is 4.00. The van der Waals surface area contributed by atoms with Gasteiger partial charge in [0.2, 0.25) is 0 Å². The van der Waals surface area contributed by atoms with E-state index in [1.807, 2.05) is 29.5 Å². The molecule has 0 saturated carbocycles. The molecule has 0 atom stereocenters. The summed E-state index contributed by atoms with van der Waals surface area (Å²) >= 11 is 1.84. The van der Waals surface area contributed by atoms with Gasteiger partial charge in [0, 0.05) is 35.2 Å². The van der Waals surface area contributed by atoms with E-state index in [2.05, 4.69) is 31.3 Å². The molecule has 0 bridgehead atoms. The Labute approximate surface area is 124 Å². The molecule has 0 aliphatic heterocycles. The topological polar surface area (TPSA) is 30.5 Å². The van der Waals surface area contributed by atoms with E-state index in [0.717, 1.165) is 18.0 Å². The summed E-state index contributed by atoms with van der Waals surface area (Å²) in [5.74, 6) is 0.866. The van der Waals surface area contributed by atoms with E-state index >= 15 is 0 Å². The van der Waals surface area contributed by atoms with Crippen LogP contribution in [0.5, 0.6) is 5.75 Å². The van der Waals surface area contributed by atoms with Gasteiger partial charge in [-0.05, 0) is 37.6 Å². The maximum atomic E-state index is 5.60. The van der Waals surface area contributed by atoms with Crippen LogP contribution >= 0.6 is 11.3 Å². The third-order valence-corrected chi connectivity index (χ3v) is 4.03. The molecule has 0 amide bonds. The largest absolute Gasteiger partial charge is 0.491 e. The molecule has 1 aromatic heterocycles. The van der Waals surface area contributed by atoms with Gasteiger partial charge in [0.1, 0.15) is 12.4 Å². The fourth-order valence-corrected chi connectivity index (χ4v) is 2.94. The smallest absolute Gasteiger partial charge is 0.121 e. The highest BCUT2D eigenvalue weighted by molar-refractivity contribution is 7.12. The second-order valence-corrected chi connectivity index (χ2v) is 6.12. The molecule has 1 aromatic carbocycles. The van der Waals surface area contributed by atoms with Gasteiger partial charge in [-0.1, -0.05) is 6.07 Å². The summed E-state index contributed by atoms with van der Waals surface area (Å²) in [5.41, 5.74) is 2.43. The molecule has 0 saturated heterocycles. The van der Waals surface area contributed by atoms with Gasteiger partial charge in [0.05, 0.1) is 6.61 Å². The Morgan fingerprint density at radius 1 is 1.15 bits per heavy atom. The van der Waals surface area contributed by atoms with Crippen LogP contribution in [0.2, 0.25) is 0 Å². The molecule has 0 spiro atoms. The van der Waals surface area contributed by atoms with Crippen molar-refractivity contribution in [2.45, 2.75) is 20.4 Å². The fourth-order valence-electron chi connectivity index (χ4n) is 1.99. The van der Waals surface area contributed by atoms with E-state index in [4.69, 9.17) is 9.47 Å². The van der Waals surface area contributed by atoms with E-state index in [-0.39, 0.29) is 0 Å². The normalized spacial score (nSPS) is 10.6. The average Bonchev–Trinajstić information content (AvgIpc) is 2.76. The summed E-state index contributed by atoms with van der Waals surface area (Å²) in [6.45, 7) is 6.33. The number of ether oxygens (including phenoxy) is 2. The molecule has 0 fully saturated rings. The molecule has 108 valence electrons. The molecular formula is C16H21NO2S. The SMILES string of the molecule is COCCOc1cccc(NCc2cc(C)sc2C)c1. The van der Waals surface area contributed by atoms with Crippen molar-refractivity contribution in [3.05, 3.63) is 45.6 Å². The van der Waals surface area contributed by atoms with Crippen molar-refractivity contribution >= 4 is 17.0 Å². The summed E-state index contributed by atoms with van der Waals surface area (Å²) in [4.78, 5) is 2.73. The zero-order chi connectivity index (χ0) is 14.4. The van der Waals surface area contributed by atoms with Crippen molar-refractivity contribution in [1.29, 1.82) is 0 Å².